The first-order valence-electron chi connectivity index (χ1n) is 6.14. The third kappa shape index (κ3) is 2.54. The number of carbonyl (C=O) groups excluding carboxylic acids is 1. The summed E-state index contributed by atoms with van der Waals surface area (Å²) in [5.41, 5.74) is 1.55. The van der Waals surface area contributed by atoms with Crippen molar-refractivity contribution in [3.8, 4) is 5.75 Å². The molecule has 0 aromatic heterocycles. The molecule has 102 valence electrons. The smallest absolute Gasteiger partial charge is 0.265 e. The van der Waals surface area contributed by atoms with Gasteiger partial charge in [0.2, 0.25) is 0 Å². The molecule has 1 aliphatic rings. The largest absolute Gasteiger partial charge is 0.480 e. The molecule has 1 N–H and O–H groups in total. The third-order valence-corrected chi connectivity index (χ3v) is 3.73. The lowest BCUT2D eigenvalue weighted by atomic mass is 10.1. The summed E-state index contributed by atoms with van der Waals surface area (Å²) in [6.45, 7) is 0. The monoisotopic (exact) mass is 335 g/mol. The van der Waals surface area contributed by atoms with Crippen molar-refractivity contribution in [1.29, 1.82) is 0 Å². The highest BCUT2D eigenvalue weighted by atomic mass is 79.9. The first kappa shape index (κ1) is 13.1. The number of para-hydroxylation sites is 1. The Balaban J connectivity index is 1.71. The van der Waals surface area contributed by atoms with E-state index in [4.69, 9.17) is 4.74 Å². The van der Waals surface area contributed by atoms with Gasteiger partial charge < -0.3 is 10.1 Å². The number of benzene rings is 2. The number of hydrogen-bond acceptors (Lipinski definition) is 2. The van der Waals surface area contributed by atoms with Gasteiger partial charge in [0.15, 0.2) is 6.10 Å². The Morgan fingerprint density at radius 3 is 2.85 bits per heavy atom. The highest BCUT2D eigenvalue weighted by Crippen LogP contribution is 2.29. The highest BCUT2D eigenvalue weighted by Gasteiger charge is 2.28. The van der Waals surface area contributed by atoms with Gasteiger partial charge in [-0.25, -0.2) is 4.39 Å². The molecule has 0 saturated carbocycles. The number of anilines is 1. The van der Waals surface area contributed by atoms with E-state index in [9.17, 15) is 9.18 Å². The zero-order valence-corrected chi connectivity index (χ0v) is 12.0. The molecule has 0 saturated heterocycles. The molecule has 3 rings (SSSR count). The maximum absolute atomic E-state index is 13.1. The molecule has 1 aliphatic heterocycles. The first-order valence-corrected chi connectivity index (χ1v) is 6.93. The number of halogens is 2. The lowest BCUT2D eigenvalue weighted by Crippen LogP contribution is -2.31. The van der Waals surface area contributed by atoms with Crippen LogP contribution in [0.4, 0.5) is 10.1 Å². The number of rotatable bonds is 2. The van der Waals surface area contributed by atoms with Crippen LogP contribution in [0.2, 0.25) is 0 Å². The van der Waals surface area contributed by atoms with Crippen molar-refractivity contribution >= 4 is 27.5 Å². The number of hydrogen-bond donors (Lipinski definition) is 1. The third-order valence-electron chi connectivity index (χ3n) is 3.13. The first-order chi connectivity index (χ1) is 9.63. The fourth-order valence-electron chi connectivity index (χ4n) is 2.12. The fourth-order valence-corrected chi connectivity index (χ4v) is 2.50. The number of ether oxygens (including phenoxy) is 1. The van der Waals surface area contributed by atoms with Crippen molar-refractivity contribution in [3.63, 3.8) is 0 Å². The zero-order chi connectivity index (χ0) is 14.1. The molecule has 0 spiro atoms. The summed E-state index contributed by atoms with van der Waals surface area (Å²) in [5, 5.41) is 2.73. The number of nitrogens with one attached hydrogen (secondary N) is 1. The molecule has 1 heterocycles. The van der Waals surface area contributed by atoms with E-state index in [-0.39, 0.29) is 11.7 Å². The molecule has 0 fully saturated rings. The molecule has 0 radical (unpaired) electrons. The second-order valence-corrected chi connectivity index (χ2v) is 5.39. The van der Waals surface area contributed by atoms with Crippen LogP contribution in [0.1, 0.15) is 5.56 Å². The van der Waals surface area contributed by atoms with Crippen LogP contribution in [0.25, 0.3) is 0 Å². The van der Waals surface area contributed by atoms with Crippen molar-refractivity contribution in [1.82, 2.24) is 0 Å². The maximum atomic E-state index is 13.1. The maximum Gasteiger partial charge on any atom is 0.265 e. The number of amides is 1. The average molecular weight is 336 g/mol. The molecule has 2 aromatic rings. The second-order valence-electron chi connectivity index (χ2n) is 4.54. The van der Waals surface area contributed by atoms with Gasteiger partial charge in [0.25, 0.3) is 5.91 Å². The van der Waals surface area contributed by atoms with E-state index >= 15 is 0 Å². The van der Waals surface area contributed by atoms with Crippen LogP contribution in [0, 0.1) is 5.82 Å². The SMILES string of the molecule is O=C(Nc1ccc(F)c(Br)c1)C1Cc2ccccc2O1. The van der Waals surface area contributed by atoms with Crippen molar-refractivity contribution in [2.75, 3.05) is 5.32 Å². The molecule has 3 nitrogen and oxygen atoms in total. The van der Waals surface area contributed by atoms with Gasteiger partial charge >= 0.3 is 0 Å². The fraction of sp³-hybridized carbons (Fsp3) is 0.133. The topological polar surface area (TPSA) is 38.3 Å². The minimum Gasteiger partial charge on any atom is -0.480 e. The summed E-state index contributed by atoms with van der Waals surface area (Å²) in [7, 11) is 0. The Kier molecular flexibility index (Phi) is 3.44. The minimum absolute atomic E-state index is 0.236. The molecule has 5 heteroatoms. The Hall–Kier alpha value is -1.88. The van der Waals surface area contributed by atoms with E-state index in [1.165, 1.54) is 18.2 Å². The zero-order valence-electron chi connectivity index (χ0n) is 10.4. The van der Waals surface area contributed by atoms with Gasteiger partial charge in [0.1, 0.15) is 11.6 Å². The summed E-state index contributed by atoms with van der Waals surface area (Å²) in [5.74, 6) is 0.139. The molecular weight excluding hydrogens is 325 g/mol. The van der Waals surface area contributed by atoms with Gasteiger partial charge in [-0.2, -0.15) is 0 Å². The Morgan fingerprint density at radius 1 is 1.30 bits per heavy atom. The van der Waals surface area contributed by atoms with Crippen LogP contribution in [-0.4, -0.2) is 12.0 Å². The van der Waals surface area contributed by atoms with E-state index in [1.807, 2.05) is 24.3 Å². The molecule has 0 bridgehead atoms. The van der Waals surface area contributed by atoms with Gasteiger partial charge in [-0.15, -0.1) is 0 Å². The van der Waals surface area contributed by atoms with Crippen LogP contribution in [0.3, 0.4) is 0 Å². The Labute approximate surface area is 123 Å². The predicted molar refractivity (Wildman–Crippen MR) is 77.3 cm³/mol. The van der Waals surface area contributed by atoms with Gasteiger partial charge in [0, 0.05) is 12.1 Å². The van der Waals surface area contributed by atoms with E-state index < -0.39 is 6.10 Å². The summed E-state index contributed by atoms with van der Waals surface area (Å²) in [6.07, 6.45) is 0.000844. The summed E-state index contributed by atoms with van der Waals surface area (Å²) < 4.78 is 19.0. The van der Waals surface area contributed by atoms with Gasteiger partial charge in [-0.3, -0.25) is 4.79 Å². The lowest BCUT2D eigenvalue weighted by Gasteiger charge is -2.11. The second kappa shape index (κ2) is 5.25. The van der Waals surface area contributed by atoms with E-state index in [0.717, 1.165) is 11.3 Å². The quantitative estimate of drug-likeness (QED) is 0.911. The van der Waals surface area contributed by atoms with E-state index in [1.54, 1.807) is 0 Å². The van der Waals surface area contributed by atoms with Crippen molar-refractivity contribution < 1.29 is 13.9 Å². The van der Waals surface area contributed by atoms with Crippen LogP contribution in [0.5, 0.6) is 5.75 Å². The summed E-state index contributed by atoms with van der Waals surface area (Å²) in [6, 6.07) is 11.9. The van der Waals surface area contributed by atoms with E-state index in [2.05, 4.69) is 21.2 Å². The van der Waals surface area contributed by atoms with E-state index in [0.29, 0.717) is 16.6 Å². The van der Waals surface area contributed by atoms with Crippen molar-refractivity contribution in [2.45, 2.75) is 12.5 Å². The normalized spacial score (nSPS) is 16.4. The predicted octanol–water partition coefficient (Wildman–Crippen LogP) is 3.53. The molecule has 0 aliphatic carbocycles. The number of fused-ring (bicyclic) bond motifs is 1. The average Bonchev–Trinajstić information content (AvgIpc) is 2.87. The van der Waals surface area contributed by atoms with Crippen molar-refractivity contribution in [3.05, 3.63) is 58.3 Å². The van der Waals surface area contributed by atoms with Gasteiger partial charge in [0.05, 0.1) is 4.47 Å². The van der Waals surface area contributed by atoms with Crippen LogP contribution in [-0.2, 0) is 11.2 Å². The molecule has 1 unspecified atom stereocenters. The lowest BCUT2D eigenvalue weighted by molar-refractivity contribution is -0.122. The van der Waals surface area contributed by atoms with Crippen LogP contribution in [0.15, 0.2) is 46.9 Å². The summed E-state index contributed by atoms with van der Waals surface area (Å²) in [4.78, 5) is 12.1. The van der Waals surface area contributed by atoms with Crippen LogP contribution >= 0.6 is 15.9 Å². The van der Waals surface area contributed by atoms with Gasteiger partial charge in [-0.1, -0.05) is 18.2 Å². The molecular formula is C15H11BrFNO2. The Bertz CT molecular complexity index is 650. The standard InChI is InChI=1S/C15H11BrFNO2/c16-11-8-10(5-6-12(11)17)18-15(19)14-7-9-3-1-2-4-13(9)20-14/h1-6,8,14H,7H2,(H,18,19). The molecule has 1 amide bonds. The highest BCUT2D eigenvalue weighted by molar-refractivity contribution is 9.10. The number of carbonyl (C=O) groups is 1. The summed E-state index contributed by atoms with van der Waals surface area (Å²) >= 11 is 3.09. The van der Waals surface area contributed by atoms with Crippen LogP contribution < -0.4 is 10.1 Å². The minimum atomic E-state index is -0.545. The molecule has 1 atom stereocenters. The van der Waals surface area contributed by atoms with Gasteiger partial charge in [-0.05, 0) is 45.8 Å². The molecule has 2 aromatic carbocycles. The Morgan fingerprint density at radius 2 is 2.10 bits per heavy atom. The molecule has 20 heavy (non-hydrogen) atoms. The van der Waals surface area contributed by atoms with Crippen molar-refractivity contribution in [2.24, 2.45) is 0 Å².